The van der Waals surface area contributed by atoms with E-state index >= 15 is 0 Å². The minimum atomic E-state index is 0.594. The van der Waals surface area contributed by atoms with E-state index in [0.717, 1.165) is 12.5 Å². The van der Waals surface area contributed by atoms with Crippen LogP contribution in [0.4, 0.5) is 5.13 Å². The van der Waals surface area contributed by atoms with Gasteiger partial charge in [-0.15, -0.1) is 11.3 Å². The van der Waals surface area contributed by atoms with Gasteiger partial charge in [-0.25, -0.2) is 4.98 Å². The molecule has 1 aromatic rings. The predicted molar refractivity (Wildman–Crippen MR) is 91.3 cm³/mol. The van der Waals surface area contributed by atoms with Crippen LogP contribution in [0, 0.1) is 0 Å². The molecule has 2 aliphatic rings. The fraction of sp³-hybridized carbons (Fsp3) is 0.824. The molecule has 2 atom stereocenters. The van der Waals surface area contributed by atoms with Crippen molar-refractivity contribution < 1.29 is 0 Å². The first-order valence-corrected chi connectivity index (χ1v) is 9.50. The molecule has 0 spiro atoms. The maximum absolute atomic E-state index is 5.05. The van der Waals surface area contributed by atoms with Crippen molar-refractivity contribution in [3.8, 4) is 0 Å². The third-order valence-corrected chi connectivity index (χ3v) is 6.06. The van der Waals surface area contributed by atoms with E-state index in [0.29, 0.717) is 12.1 Å². The van der Waals surface area contributed by atoms with Crippen LogP contribution in [0.2, 0.25) is 0 Å². The summed E-state index contributed by atoms with van der Waals surface area (Å²) in [7, 11) is 0. The predicted octanol–water partition coefficient (Wildman–Crippen LogP) is 4.29. The number of hydrogen-bond donors (Lipinski definition) is 1. The third-order valence-electron chi connectivity index (χ3n) is 4.95. The van der Waals surface area contributed by atoms with E-state index in [1.807, 2.05) is 11.3 Å². The van der Waals surface area contributed by atoms with Gasteiger partial charge in [-0.1, -0.05) is 6.92 Å². The van der Waals surface area contributed by atoms with Gasteiger partial charge in [0, 0.05) is 36.0 Å². The summed E-state index contributed by atoms with van der Waals surface area (Å²) in [6.45, 7) is 9.06. The molecular weight excluding hydrogens is 278 g/mol. The largest absolute Gasteiger partial charge is 0.345 e. The van der Waals surface area contributed by atoms with Crippen molar-refractivity contribution in [2.24, 2.45) is 0 Å². The number of aromatic nitrogens is 1. The van der Waals surface area contributed by atoms with E-state index in [-0.39, 0.29) is 0 Å². The zero-order valence-electron chi connectivity index (χ0n) is 13.7. The molecule has 3 rings (SSSR count). The molecular formula is C17H29N3S. The molecule has 21 heavy (non-hydrogen) atoms. The van der Waals surface area contributed by atoms with Crippen molar-refractivity contribution in [1.82, 2.24) is 10.3 Å². The first kappa shape index (κ1) is 15.3. The van der Waals surface area contributed by atoms with Crippen LogP contribution < -0.4 is 10.2 Å². The second-order valence-electron chi connectivity index (χ2n) is 6.81. The smallest absolute Gasteiger partial charge is 0.186 e. The van der Waals surface area contributed by atoms with Gasteiger partial charge in [-0.05, 0) is 52.4 Å². The van der Waals surface area contributed by atoms with Crippen molar-refractivity contribution in [2.45, 2.75) is 83.8 Å². The summed E-state index contributed by atoms with van der Waals surface area (Å²) in [5, 5.41) is 4.93. The molecule has 0 bridgehead atoms. The number of piperidine rings is 1. The highest BCUT2D eigenvalue weighted by molar-refractivity contribution is 7.15. The Kier molecular flexibility index (Phi) is 4.85. The number of rotatable bonds is 6. The zero-order chi connectivity index (χ0) is 14.8. The van der Waals surface area contributed by atoms with Crippen molar-refractivity contribution >= 4 is 16.5 Å². The van der Waals surface area contributed by atoms with Gasteiger partial charge < -0.3 is 10.2 Å². The van der Waals surface area contributed by atoms with E-state index in [4.69, 9.17) is 4.98 Å². The molecule has 0 aromatic carbocycles. The minimum absolute atomic E-state index is 0.594. The molecule has 1 saturated carbocycles. The van der Waals surface area contributed by atoms with Gasteiger partial charge in [-0.3, -0.25) is 0 Å². The van der Waals surface area contributed by atoms with Crippen molar-refractivity contribution in [3.05, 3.63) is 10.6 Å². The Morgan fingerprint density at radius 2 is 2.14 bits per heavy atom. The lowest BCUT2D eigenvalue weighted by Gasteiger charge is -2.33. The molecule has 118 valence electrons. The molecule has 2 fully saturated rings. The molecule has 1 aromatic heterocycles. The fourth-order valence-electron chi connectivity index (χ4n) is 3.07. The Morgan fingerprint density at radius 1 is 1.33 bits per heavy atom. The van der Waals surface area contributed by atoms with Crippen LogP contribution in [-0.2, 0) is 6.54 Å². The molecule has 3 nitrogen and oxygen atoms in total. The van der Waals surface area contributed by atoms with Crippen LogP contribution >= 0.6 is 11.3 Å². The van der Waals surface area contributed by atoms with Crippen molar-refractivity contribution in [3.63, 3.8) is 0 Å². The number of nitrogens with zero attached hydrogens (tertiary/aromatic N) is 2. The molecule has 1 aliphatic carbocycles. The lowest BCUT2D eigenvalue weighted by molar-refractivity contribution is 0.484. The number of nitrogens with one attached hydrogen (secondary N) is 1. The van der Waals surface area contributed by atoms with Gasteiger partial charge >= 0.3 is 0 Å². The summed E-state index contributed by atoms with van der Waals surface area (Å²) in [5.41, 5.74) is 1.41. The van der Waals surface area contributed by atoms with E-state index in [1.54, 1.807) is 0 Å². The van der Waals surface area contributed by atoms with Gasteiger partial charge in [0.2, 0.25) is 0 Å². The van der Waals surface area contributed by atoms with Crippen LogP contribution in [0.1, 0.15) is 75.8 Å². The molecule has 2 unspecified atom stereocenters. The molecule has 0 amide bonds. The lowest BCUT2D eigenvalue weighted by atomic mass is 10.0. The fourth-order valence-corrected chi connectivity index (χ4v) is 4.29. The summed E-state index contributed by atoms with van der Waals surface area (Å²) < 4.78 is 0. The molecule has 0 radical (unpaired) electrons. The Balaban J connectivity index is 1.75. The third kappa shape index (κ3) is 3.59. The number of anilines is 1. The van der Waals surface area contributed by atoms with E-state index in [9.17, 15) is 0 Å². The summed E-state index contributed by atoms with van der Waals surface area (Å²) in [6.07, 6.45) is 7.89. The number of thiazole rings is 1. The van der Waals surface area contributed by atoms with Crippen LogP contribution in [0.3, 0.4) is 0 Å². The van der Waals surface area contributed by atoms with Crippen LogP contribution in [0.15, 0.2) is 0 Å². The Bertz CT molecular complexity index is 467. The molecule has 1 N–H and O–H groups in total. The molecule has 1 aliphatic heterocycles. The Morgan fingerprint density at radius 3 is 2.81 bits per heavy atom. The standard InChI is InChI=1S/C17H29N3S/c1-4-12(2)18-11-15-16(14-8-9-14)19-17(21-15)20-10-6-5-7-13(20)3/h12-14,18H,4-11H2,1-3H3. The maximum atomic E-state index is 5.05. The van der Waals surface area contributed by atoms with Gasteiger partial charge in [0.25, 0.3) is 0 Å². The average Bonchev–Trinajstić information content (AvgIpc) is 3.25. The zero-order valence-corrected chi connectivity index (χ0v) is 14.5. The highest BCUT2D eigenvalue weighted by Crippen LogP contribution is 2.44. The van der Waals surface area contributed by atoms with Gasteiger partial charge in [0.05, 0.1) is 5.69 Å². The van der Waals surface area contributed by atoms with Gasteiger partial charge in [-0.2, -0.15) is 0 Å². The summed E-state index contributed by atoms with van der Waals surface area (Å²) in [6, 6.07) is 1.25. The first-order valence-electron chi connectivity index (χ1n) is 8.68. The molecule has 1 saturated heterocycles. The lowest BCUT2D eigenvalue weighted by Crippen LogP contribution is -2.37. The maximum Gasteiger partial charge on any atom is 0.186 e. The highest BCUT2D eigenvalue weighted by Gasteiger charge is 2.31. The SMILES string of the molecule is CCC(C)NCc1sc(N2CCCCC2C)nc1C1CC1. The van der Waals surface area contributed by atoms with Crippen LogP contribution in [0.5, 0.6) is 0 Å². The summed E-state index contributed by atoms with van der Waals surface area (Å²) in [4.78, 5) is 9.09. The van der Waals surface area contributed by atoms with Crippen LogP contribution in [0.25, 0.3) is 0 Å². The normalized spacial score (nSPS) is 24.3. The van der Waals surface area contributed by atoms with E-state index in [1.165, 1.54) is 60.8 Å². The minimum Gasteiger partial charge on any atom is -0.345 e. The summed E-state index contributed by atoms with van der Waals surface area (Å²) in [5.74, 6) is 0.754. The second kappa shape index (κ2) is 6.66. The number of hydrogen-bond acceptors (Lipinski definition) is 4. The average molecular weight is 308 g/mol. The van der Waals surface area contributed by atoms with Crippen LogP contribution in [-0.4, -0.2) is 23.6 Å². The molecule has 4 heteroatoms. The van der Waals surface area contributed by atoms with E-state index < -0.39 is 0 Å². The Hall–Kier alpha value is -0.610. The summed E-state index contributed by atoms with van der Waals surface area (Å²) >= 11 is 1.94. The molecule has 2 heterocycles. The Labute approximate surface area is 133 Å². The second-order valence-corrected chi connectivity index (χ2v) is 7.87. The van der Waals surface area contributed by atoms with Crippen molar-refractivity contribution in [1.29, 1.82) is 0 Å². The quantitative estimate of drug-likeness (QED) is 0.850. The van der Waals surface area contributed by atoms with E-state index in [2.05, 4.69) is 31.0 Å². The monoisotopic (exact) mass is 307 g/mol. The van der Waals surface area contributed by atoms with Crippen molar-refractivity contribution in [2.75, 3.05) is 11.4 Å². The first-order chi connectivity index (χ1) is 10.2. The topological polar surface area (TPSA) is 28.2 Å². The van der Waals surface area contributed by atoms with Gasteiger partial charge in [0.1, 0.15) is 0 Å². The van der Waals surface area contributed by atoms with Gasteiger partial charge in [0.15, 0.2) is 5.13 Å². The highest BCUT2D eigenvalue weighted by atomic mass is 32.1.